The minimum Gasteiger partial charge on any atom is -0.318 e. The molecular weight excluding hydrogens is 299 g/mol. The Balaban J connectivity index is 2.07. The number of amides is 2. The molecule has 0 spiro atoms. The number of carbonyl (C=O) groups is 1. The van der Waals surface area contributed by atoms with Gasteiger partial charge in [-0.25, -0.2) is 14.5 Å². The Bertz CT molecular complexity index is 627. The van der Waals surface area contributed by atoms with Crippen molar-refractivity contribution in [3.05, 3.63) is 42.5 Å². The van der Waals surface area contributed by atoms with Crippen LogP contribution in [0.4, 0.5) is 23.7 Å². The molecule has 22 heavy (non-hydrogen) atoms. The number of halogens is 3. The summed E-state index contributed by atoms with van der Waals surface area (Å²) >= 11 is 0. The number of nitrogens with zero attached hydrogens (tertiary/aromatic N) is 4. The molecule has 1 aromatic heterocycles. The molecule has 0 aliphatic heterocycles. The zero-order valence-corrected chi connectivity index (χ0v) is 11.7. The van der Waals surface area contributed by atoms with E-state index in [4.69, 9.17) is 0 Å². The van der Waals surface area contributed by atoms with Crippen LogP contribution in [0, 0.1) is 0 Å². The molecule has 1 aromatic carbocycles. The smallest absolute Gasteiger partial charge is 0.318 e. The van der Waals surface area contributed by atoms with Gasteiger partial charge < -0.3 is 10.2 Å². The highest BCUT2D eigenvalue weighted by atomic mass is 19.4. The van der Waals surface area contributed by atoms with Crippen LogP contribution in [-0.2, 0) is 6.54 Å². The van der Waals surface area contributed by atoms with Crippen LogP contribution in [0.25, 0.3) is 0 Å². The van der Waals surface area contributed by atoms with Gasteiger partial charge in [0, 0.05) is 12.7 Å². The van der Waals surface area contributed by atoms with Crippen LogP contribution in [0.3, 0.4) is 0 Å². The first-order valence-electron chi connectivity index (χ1n) is 6.34. The monoisotopic (exact) mass is 313 g/mol. The molecule has 0 radical (unpaired) electrons. The molecule has 118 valence electrons. The van der Waals surface area contributed by atoms with E-state index in [0.717, 1.165) is 7.05 Å². The lowest BCUT2D eigenvalue weighted by atomic mass is 10.2. The van der Waals surface area contributed by atoms with Crippen molar-refractivity contribution in [1.29, 1.82) is 0 Å². The molecule has 1 heterocycles. The van der Waals surface area contributed by atoms with Gasteiger partial charge in [0.2, 0.25) is 0 Å². The maximum absolute atomic E-state index is 12.3. The van der Waals surface area contributed by atoms with Crippen molar-refractivity contribution in [2.24, 2.45) is 0 Å². The van der Waals surface area contributed by atoms with E-state index < -0.39 is 18.8 Å². The zero-order valence-electron chi connectivity index (χ0n) is 11.7. The topological polar surface area (TPSA) is 63.1 Å². The van der Waals surface area contributed by atoms with Gasteiger partial charge in [0.15, 0.2) is 0 Å². The highest BCUT2D eigenvalue weighted by Crippen LogP contribution is 2.19. The minimum atomic E-state index is -4.44. The van der Waals surface area contributed by atoms with Crippen LogP contribution in [0.15, 0.2) is 36.9 Å². The van der Waals surface area contributed by atoms with Crippen molar-refractivity contribution in [3.8, 4) is 0 Å². The maximum atomic E-state index is 12.3. The van der Waals surface area contributed by atoms with E-state index >= 15 is 0 Å². The SMILES string of the molecule is CN(CC(F)(F)F)C(=O)Nc1ccccc1Cn1cncn1. The second-order valence-corrected chi connectivity index (χ2v) is 4.65. The van der Waals surface area contributed by atoms with Gasteiger partial charge >= 0.3 is 12.2 Å². The van der Waals surface area contributed by atoms with Crippen LogP contribution in [-0.4, -0.2) is 45.5 Å². The van der Waals surface area contributed by atoms with Crippen molar-refractivity contribution in [2.45, 2.75) is 12.7 Å². The molecule has 2 rings (SSSR count). The summed E-state index contributed by atoms with van der Waals surface area (Å²) in [6.45, 7) is -0.969. The molecular formula is C13H14F3N5O. The first kappa shape index (κ1) is 15.8. The summed E-state index contributed by atoms with van der Waals surface area (Å²) in [5, 5.41) is 6.42. The first-order valence-corrected chi connectivity index (χ1v) is 6.34. The quantitative estimate of drug-likeness (QED) is 0.942. The van der Waals surface area contributed by atoms with E-state index in [1.807, 2.05) is 0 Å². The van der Waals surface area contributed by atoms with Crippen LogP contribution < -0.4 is 5.32 Å². The third-order valence-corrected chi connectivity index (χ3v) is 2.82. The van der Waals surface area contributed by atoms with E-state index in [2.05, 4.69) is 15.4 Å². The second-order valence-electron chi connectivity index (χ2n) is 4.65. The number of anilines is 1. The van der Waals surface area contributed by atoms with Crippen LogP contribution >= 0.6 is 0 Å². The predicted molar refractivity (Wildman–Crippen MR) is 73.3 cm³/mol. The van der Waals surface area contributed by atoms with Gasteiger partial charge in [-0.05, 0) is 11.6 Å². The van der Waals surface area contributed by atoms with Gasteiger partial charge in [-0.3, -0.25) is 0 Å². The van der Waals surface area contributed by atoms with E-state index in [-0.39, 0.29) is 0 Å². The number of para-hydroxylation sites is 1. The van der Waals surface area contributed by atoms with Crippen LogP contribution in [0.2, 0.25) is 0 Å². The maximum Gasteiger partial charge on any atom is 0.406 e. The third kappa shape index (κ3) is 4.47. The number of hydrogen-bond donors (Lipinski definition) is 1. The van der Waals surface area contributed by atoms with Crippen molar-refractivity contribution < 1.29 is 18.0 Å². The summed E-state index contributed by atoms with van der Waals surface area (Å²) < 4.78 is 38.4. The Morgan fingerprint density at radius 2 is 2.09 bits per heavy atom. The minimum absolute atomic E-state index is 0.347. The van der Waals surface area contributed by atoms with E-state index in [1.165, 1.54) is 12.7 Å². The largest absolute Gasteiger partial charge is 0.406 e. The molecule has 2 amide bonds. The first-order chi connectivity index (χ1) is 10.3. The number of nitrogens with one attached hydrogen (secondary N) is 1. The fourth-order valence-corrected chi connectivity index (χ4v) is 1.82. The normalized spacial score (nSPS) is 11.3. The Hall–Kier alpha value is -2.58. The van der Waals surface area contributed by atoms with Gasteiger partial charge in [-0.2, -0.15) is 18.3 Å². The number of rotatable bonds is 4. The Morgan fingerprint density at radius 1 is 1.36 bits per heavy atom. The number of urea groups is 1. The molecule has 1 N–H and O–H groups in total. The standard InChI is InChI=1S/C13H14F3N5O/c1-20(7-13(14,15)16)12(22)19-11-5-3-2-4-10(11)6-21-9-17-8-18-21/h2-5,8-9H,6-7H2,1H3,(H,19,22). The van der Waals surface area contributed by atoms with Gasteiger partial charge in [-0.15, -0.1) is 0 Å². The summed E-state index contributed by atoms with van der Waals surface area (Å²) in [6, 6.07) is 5.99. The Labute approximate surface area is 124 Å². The lowest BCUT2D eigenvalue weighted by Gasteiger charge is -2.20. The molecule has 2 aromatic rings. The van der Waals surface area contributed by atoms with Gasteiger partial charge in [0.1, 0.15) is 19.2 Å². The summed E-state index contributed by atoms with van der Waals surface area (Å²) in [7, 11) is 1.09. The number of aromatic nitrogens is 3. The summed E-state index contributed by atoms with van der Waals surface area (Å²) in [6.07, 6.45) is -1.56. The molecule has 0 saturated heterocycles. The highest BCUT2D eigenvalue weighted by Gasteiger charge is 2.31. The van der Waals surface area contributed by atoms with Gasteiger partial charge in [0.25, 0.3) is 0 Å². The van der Waals surface area contributed by atoms with Gasteiger partial charge in [-0.1, -0.05) is 18.2 Å². The second kappa shape index (κ2) is 6.46. The summed E-state index contributed by atoms with van der Waals surface area (Å²) in [5.41, 5.74) is 1.14. The summed E-state index contributed by atoms with van der Waals surface area (Å²) in [5.74, 6) is 0. The Kier molecular flexibility index (Phi) is 4.64. The van der Waals surface area contributed by atoms with Crippen molar-refractivity contribution >= 4 is 11.7 Å². The molecule has 0 aliphatic carbocycles. The molecule has 0 atom stereocenters. The van der Waals surface area contributed by atoms with Gasteiger partial charge in [0.05, 0.1) is 6.54 Å². The lowest BCUT2D eigenvalue weighted by Crippen LogP contribution is -2.38. The molecule has 0 aliphatic rings. The van der Waals surface area contributed by atoms with Crippen molar-refractivity contribution in [3.63, 3.8) is 0 Å². The lowest BCUT2D eigenvalue weighted by molar-refractivity contribution is -0.137. The fourth-order valence-electron chi connectivity index (χ4n) is 1.82. The van der Waals surface area contributed by atoms with Crippen LogP contribution in [0.1, 0.15) is 5.56 Å². The average Bonchev–Trinajstić information content (AvgIpc) is 2.92. The van der Waals surface area contributed by atoms with E-state index in [0.29, 0.717) is 22.7 Å². The number of benzene rings is 1. The number of hydrogen-bond acceptors (Lipinski definition) is 3. The average molecular weight is 313 g/mol. The van der Waals surface area contributed by atoms with Crippen molar-refractivity contribution in [2.75, 3.05) is 18.9 Å². The molecule has 6 nitrogen and oxygen atoms in total. The summed E-state index contributed by atoms with van der Waals surface area (Å²) in [4.78, 5) is 16.2. The predicted octanol–water partition coefficient (Wildman–Crippen LogP) is 2.35. The third-order valence-electron chi connectivity index (χ3n) is 2.82. The molecule has 0 bridgehead atoms. The highest BCUT2D eigenvalue weighted by molar-refractivity contribution is 5.90. The molecule has 0 saturated carbocycles. The number of alkyl halides is 3. The fraction of sp³-hybridized carbons (Fsp3) is 0.308. The van der Waals surface area contributed by atoms with Crippen LogP contribution in [0.5, 0.6) is 0 Å². The zero-order chi connectivity index (χ0) is 16.2. The Morgan fingerprint density at radius 3 is 2.73 bits per heavy atom. The molecule has 0 fully saturated rings. The molecule has 9 heteroatoms. The number of carbonyl (C=O) groups excluding carboxylic acids is 1. The molecule has 0 unspecified atom stereocenters. The van der Waals surface area contributed by atoms with E-state index in [9.17, 15) is 18.0 Å². The van der Waals surface area contributed by atoms with E-state index in [1.54, 1.807) is 28.9 Å². The van der Waals surface area contributed by atoms with Crippen molar-refractivity contribution in [1.82, 2.24) is 19.7 Å².